The lowest BCUT2D eigenvalue weighted by Crippen LogP contribution is -2.36. The number of hydrogen-bond donors (Lipinski definition) is 2. The molecule has 2 rings (SSSR count). The van der Waals surface area contributed by atoms with E-state index in [1.54, 1.807) is 6.07 Å². The maximum Gasteiger partial charge on any atom is 0.130 e. The molecule has 0 aromatic carbocycles. The molecule has 0 aliphatic carbocycles. The second-order valence-electron chi connectivity index (χ2n) is 4.39. The number of aromatic nitrogens is 1. The molecule has 1 saturated heterocycles. The molecule has 0 bridgehead atoms. The van der Waals surface area contributed by atoms with Crippen molar-refractivity contribution in [1.29, 1.82) is 0 Å². The average Bonchev–Trinajstić information content (AvgIpc) is 2.30. The predicted octanol–water partition coefficient (Wildman–Crippen LogP) is 1.26. The maximum absolute atomic E-state index is 8.97. The van der Waals surface area contributed by atoms with E-state index >= 15 is 0 Å². The zero-order valence-electron chi connectivity index (χ0n) is 9.47. The Bertz CT molecular complexity index is 341. The van der Waals surface area contributed by atoms with Crippen LogP contribution in [0.2, 0.25) is 0 Å². The molecular formula is C12H19N3O. The minimum Gasteiger partial charge on any atom is -0.396 e. The number of rotatable bonds is 3. The van der Waals surface area contributed by atoms with Crippen molar-refractivity contribution in [2.24, 2.45) is 5.92 Å². The van der Waals surface area contributed by atoms with Crippen LogP contribution in [0.5, 0.6) is 0 Å². The summed E-state index contributed by atoms with van der Waals surface area (Å²) in [5, 5.41) is 8.97. The van der Waals surface area contributed by atoms with Gasteiger partial charge in [0.15, 0.2) is 0 Å². The molecule has 1 aliphatic rings. The molecule has 1 atom stereocenters. The van der Waals surface area contributed by atoms with E-state index in [9.17, 15) is 0 Å². The van der Waals surface area contributed by atoms with Crippen LogP contribution in [0.1, 0.15) is 19.3 Å². The molecule has 1 fully saturated rings. The first kappa shape index (κ1) is 11.2. The lowest BCUT2D eigenvalue weighted by molar-refractivity contribution is 0.244. The maximum atomic E-state index is 8.97. The number of aliphatic hydroxyl groups is 1. The molecule has 2 heterocycles. The highest BCUT2D eigenvalue weighted by Crippen LogP contribution is 2.23. The van der Waals surface area contributed by atoms with Gasteiger partial charge in [-0.3, -0.25) is 0 Å². The number of aliphatic hydroxyl groups excluding tert-OH is 1. The summed E-state index contributed by atoms with van der Waals surface area (Å²) in [6, 6.07) is 5.74. The largest absolute Gasteiger partial charge is 0.396 e. The number of anilines is 2. The van der Waals surface area contributed by atoms with Gasteiger partial charge in [0.25, 0.3) is 0 Å². The van der Waals surface area contributed by atoms with E-state index in [0.717, 1.165) is 25.3 Å². The van der Waals surface area contributed by atoms with Crippen molar-refractivity contribution in [3.8, 4) is 0 Å². The van der Waals surface area contributed by atoms with E-state index in [1.165, 1.54) is 12.8 Å². The van der Waals surface area contributed by atoms with Crippen molar-refractivity contribution in [3.63, 3.8) is 0 Å². The van der Waals surface area contributed by atoms with Crippen LogP contribution < -0.4 is 10.6 Å². The SMILES string of the molecule is Nc1cccc(N2CCCC(CCO)C2)n1. The Kier molecular flexibility index (Phi) is 3.62. The van der Waals surface area contributed by atoms with Gasteiger partial charge in [0.2, 0.25) is 0 Å². The number of piperidine rings is 1. The fraction of sp³-hybridized carbons (Fsp3) is 0.583. The quantitative estimate of drug-likeness (QED) is 0.806. The van der Waals surface area contributed by atoms with E-state index in [0.29, 0.717) is 11.7 Å². The Labute approximate surface area is 96.1 Å². The highest BCUT2D eigenvalue weighted by Gasteiger charge is 2.20. The van der Waals surface area contributed by atoms with Crippen LogP contribution in [0.25, 0.3) is 0 Å². The van der Waals surface area contributed by atoms with Gasteiger partial charge in [0, 0.05) is 19.7 Å². The van der Waals surface area contributed by atoms with Gasteiger partial charge in [0.05, 0.1) is 0 Å². The fourth-order valence-electron chi connectivity index (χ4n) is 2.31. The van der Waals surface area contributed by atoms with Gasteiger partial charge in [-0.25, -0.2) is 4.98 Å². The summed E-state index contributed by atoms with van der Waals surface area (Å²) in [5.41, 5.74) is 5.68. The Morgan fingerprint density at radius 3 is 3.12 bits per heavy atom. The smallest absolute Gasteiger partial charge is 0.130 e. The lowest BCUT2D eigenvalue weighted by atomic mass is 9.95. The molecule has 1 aliphatic heterocycles. The number of nitrogen functional groups attached to an aromatic ring is 1. The standard InChI is InChI=1S/C12H19N3O/c13-11-4-1-5-12(14-11)15-7-2-3-10(9-15)6-8-16/h1,4-5,10,16H,2-3,6-9H2,(H2,13,14). The van der Waals surface area contributed by atoms with Crippen molar-refractivity contribution in [3.05, 3.63) is 18.2 Å². The van der Waals surface area contributed by atoms with Gasteiger partial charge in [-0.15, -0.1) is 0 Å². The molecule has 0 amide bonds. The summed E-state index contributed by atoms with van der Waals surface area (Å²) >= 11 is 0. The molecule has 0 spiro atoms. The molecule has 1 aromatic rings. The molecule has 0 radical (unpaired) electrons. The summed E-state index contributed by atoms with van der Waals surface area (Å²) in [6.45, 7) is 2.30. The van der Waals surface area contributed by atoms with E-state index in [2.05, 4.69) is 9.88 Å². The summed E-state index contributed by atoms with van der Waals surface area (Å²) < 4.78 is 0. The van der Waals surface area contributed by atoms with Crippen LogP contribution in [0.15, 0.2) is 18.2 Å². The molecule has 1 unspecified atom stereocenters. The van der Waals surface area contributed by atoms with Gasteiger partial charge in [-0.1, -0.05) is 6.07 Å². The number of nitrogens with zero attached hydrogens (tertiary/aromatic N) is 2. The second-order valence-corrected chi connectivity index (χ2v) is 4.39. The number of pyridine rings is 1. The van der Waals surface area contributed by atoms with Crippen LogP contribution in [0.4, 0.5) is 11.6 Å². The second kappa shape index (κ2) is 5.16. The molecule has 4 heteroatoms. The first-order valence-corrected chi connectivity index (χ1v) is 5.88. The van der Waals surface area contributed by atoms with Crippen molar-refractivity contribution in [2.45, 2.75) is 19.3 Å². The number of nitrogens with two attached hydrogens (primary N) is 1. The van der Waals surface area contributed by atoms with Gasteiger partial charge < -0.3 is 15.7 Å². The average molecular weight is 221 g/mol. The Morgan fingerprint density at radius 2 is 2.38 bits per heavy atom. The van der Waals surface area contributed by atoms with Crippen molar-refractivity contribution in [2.75, 3.05) is 30.3 Å². The minimum absolute atomic E-state index is 0.281. The minimum atomic E-state index is 0.281. The van der Waals surface area contributed by atoms with Crippen LogP contribution >= 0.6 is 0 Å². The fourth-order valence-corrected chi connectivity index (χ4v) is 2.31. The van der Waals surface area contributed by atoms with Crippen LogP contribution in [-0.2, 0) is 0 Å². The summed E-state index contributed by atoms with van der Waals surface area (Å²) in [6.07, 6.45) is 3.26. The third-order valence-electron chi connectivity index (χ3n) is 3.14. The Balaban J connectivity index is 2.03. The van der Waals surface area contributed by atoms with Gasteiger partial charge in [-0.2, -0.15) is 0 Å². The van der Waals surface area contributed by atoms with Gasteiger partial charge in [-0.05, 0) is 37.3 Å². The van der Waals surface area contributed by atoms with Gasteiger partial charge in [0.1, 0.15) is 11.6 Å². The monoisotopic (exact) mass is 221 g/mol. The zero-order valence-corrected chi connectivity index (χ0v) is 9.47. The van der Waals surface area contributed by atoms with Crippen molar-refractivity contribution in [1.82, 2.24) is 4.98 Å². The molecule has 16 heavy (non-hydrogen) atoms. The third kappa shape index (κ3) is 2.64. The summed E-state index contributed by atoms with van der Waals surface area (Å²) in [7, 11) is 0. The van der Waals surface area contributed by atoms with Crippen molar-refractivity contribution < 1.29 is 5.11 Å². The predicted molar refractivity (Wildman–Crippen MR) is 65.3 cm³/mol. The van der Waals surface area contributed by atoms with E-state index in [-0.39, 0.29) is 6.61 Å². The van der Waals surface area contributed by atoms with Crippen molar-refractivity contribution >= 4 is 11.6 Å². The van der Waals surface area contributed by atoms with Crippen LogP contribution in [0.3, 0.4) is 0 Å². The first-order valence-electron chi connectivity index (χ1n) is 5.88. The first-order chi connectivity index (χ1) is 7.79. The summed E-state index contributed by atoms with van der Waals surface area (Å²) in [4.78, 5) is 6.60. The van der Waals surface area contributed by atoms with E-state index in [1.807, 2.05) is 12.1 Å². The lowest BCUT2D eigenvalue weighted by Gasteiger charge is -2.33. The normalized spacial score (nSPS) is 21.1. The zero-order chi connectivity index (χ0) is 11.4. The molecule has 3 N–H and O–H groups in total. The van der Waals surface area contributed by atoms with E-state index in [4.69, 9.17) is 10.8 Å². The highest BCUT2D eigenvalue weighted by molar-refractivity contribution is 5.45. The molecule has 0 saturated carbocycles. The molecule has 1 aromatic heterocycles. The van der Waals surface area contributed by atoms with Gasteiger partial charge >= 0.3 is 0 Å². The van der Waals surface area contributed by atoms with Crippen LogP contribution in [-0.4, -0.2) is 29.8 Å². The third-order valence-corrected chi connectivity index (χ3v) is 3.14. The molecule has 4 nitrogen and oxygen atoms in total. The van der Waals surface area contributed by atoms with Crippen LogP contribution in [0, 0.1) is 5.92 Å². The van der Waals surface area contributed by atoms with E-state index < -0.39 is 0 Å². The number of hydrogen-bond acceptors (Lipinski definition) is 4. The molecular weight excluding hydrogens is 202 g/mol. The molecule has 88 valence electrons. The highest BCUT2D eigenvalue weighted by atomic mass is 16.3. The summed E-state index contributed by atoms with van der Waals surface area (Å²) in [5.74, 6) is 2.12. The topological polar surface area (TPSA) is 62.4 Å². The Hall–Kier alpha value is -1.29. The Morgan fingerprint density at radius 1 is 1.50 bits per heavy atom.